The Labute approximate surface area is 144 Å². The molecule has 2 rings (SSSR count). The van der Waals surface area contributed by atoms with Gasteiger partial charge in [-0.2, -0.15) is 0 Å². The zero-order chi connectivity index (χ0) is 17.7. The molecule has 132 valence electrons. The smallest absolute Gasteiger partial charge is 0.227 e. The Bertz CT molecular complexity index is 559. The van der Waals surface area contributed by atoms with E-state index >= 15 is 0 Å². The topological polar surface area (TPSA) is 58.6 Å². The Kier molecular flexibility index (Phi) is 6.23. The molecule has 1 fully saturated rings. The molecule has 1 N–H and O–H groups in total. The minimum atomic E-state index is -0.175. The van der Waals surface area contributed by atoms with Crippen LogP contribution in [-0.2, 0) is 9.59 Å². The molecule has 1 aromatic carbocycles. The third-order valence-electron chi connectivity index (χ3n) is 4.72. The summed E-state index contributed by atoms with van der Waals surface area (Å²) in [6, 6.07) is 9.72. The lowest BCUT2D eigenvalue weighted by Gasteiger charge is -2.28. The van der Waals surface area contributed by atoms with Crippen molar-refractivity contribution in [1.82, 2.24) is 10.2 Å². The number of ether oxygens (including phenoxy) is 1. The second-order valence-electron chi connectivity index (χ2n) is 6.92. The highest BCUT2D eigenvalue weighted by Gasteiger charge is 2.40. The molecule has 0 bridgehead atoms. The molecule has 1 aromatic rings. The summed E-state index contributed by atoms with van der Waals surface area (Å²) in [7, 11) is 1.83. The van der Waals surface area contributed by atoms with Gasteiger partial charge in [-0.25, -0.2) is 0 Å². The number of rotatable bonds is 6. The van der Waals surface area contributed by atoms with E-state index < -0.39 is 0 Å². The molecule has 5 nitrogen and oxygen atoms in total. The molecule has 24 heavy (non-hydrogen) atoms. The fourth-order valence-corrected chi connectivity index (χ4v) is 3.22. The van der Waals surface area contributed by atoms with E-state index in [0.717, 1.165) is 18.6 Å². The number of hydrogen-bond donors (Lipinski definition) is 1. The van der Waals surface area contributed by atoms with Gasteiger partial charge in [0.25, 0.3) is 0 Å². The van der Waals surface area contributed by atoms with Crippen LogP contribution in [0.5, 0.6) is 5.75 Å². The molecular weight excluding hydrogens is 304 g/mol. The predicted octanol–water partition coefficient (Wildman–Crippen LogP) is 2.46. The van der Waals surface area contributed by atoms with Gasteiger partial charge in [-0.3, -0.25) is 9.59 Å². The number of nitrogens with zero attached hydrogens (tertiary/aromatic N) is 1. The first-order valence-electron chi connectivity index (χ1n) is 8.60. The van der Waals surface area contributed by atoms with Crippen molar-refractivity contribution >= 4 is 11.8 Å². The average Bonchev–Trinajstić information content (AvgIpc) is 2.94. The van der Waals surface area contributed by atoms with E-state index in [1.54, 1.807) is 4.90 Å². The largest absolute Gasteiger partial charge is 0.493 e. The van der Waals surface area contributed by atoms with Crippen molar-refractivity contribution in [3.63, 3.8) is 0 Å². The molecule has 0 saturated heterocycles. The monoisotopic (exact) mass is 332 g/mol. The van der Waals surface area contributed by atoms with Crippen LogP contribution in [0.2, 0.25) is 0 Å². The number of amides is 2. The van der Waals surface area contributed by atoms with E-state index in [4.69, 9.17) is 4.74 Å². The van der Waals surface area contributed by atoms with E-state index in [9.17, 15) is 9.59 Å². The van der Waals surface area contributed by atoms with Gasteiger partial charge in [0.15, 0.2) is 0 Å². The molecule has 1 saturated carbocycles. The van der Waals surface area contributed by atoms with Crippen LogP contribution in [0.4, 0.5) is 0 Å². The molecule has 0 unspecified atom stereocenters. The summed E-state index contributed by atoms with van der Waals surface area (Å²) in [5, 5.41) is 2.95. The highest BCUT2D eigenvalue weighted by atomic mass is 16.5. The van der Waals surface area contributed by atoms with E-state index in [1.807, 2.05) is 51.2 Å². The summed E-state index contributed by atoms with van der Waals surface area (Å²) < 4.78 is 5.84. The molecule has 0 spiro atoms. The van der Waals surface area contributed by atoms with Gasteiger partial charge in [0, 0.05) is 26.1 Å². The Morgan fingerprint density at radius 2 is 1.92 bits per heavy atom. The Balaban J connectivity index is 2.00. The van der Waals surface area contributed by atoms with Gasteiger partial charge in [0.2, 0.25) is 11.8 Å². The fourth-order valence-electron chi connectivity index (χ4n) is 3.22. The molecule has 0 aromatic heterocycles. The number of nitrogens with one attached hydrogen (secondary N) is 1. The third kappa shape index (κ3) is 4.73. The SMILES string of the molecule is CC(=O)N[C@@H]1C[C@H](COc2ccccc2)C[C@H]1C(=O)N(C)C(C)C. The number of carbonyl (C=O) groups excluding carboxylic acids is 2. The number of benzene rings is 1. The van der Waals surface area contributed by atoms with Gasteiger partial charge in [0.1, 0.15) is 5.75 Å². The molecule has 0 radical (unpaired) electrons. The molecule has 0 aliphatic heterocycles. The normalized spacial score (nSPS) is 23.1. The third-order valence-corrected chi connectivity index (χ3v) is 4.72. The lowest BCUT2D eigenvalue weighted by Crippen LogP contribution is -2.45. The minimum Gasteiger partial charge on any atom is -0.493 e. The first-order chi connectivity index (χ1) is 11.4. The summed E-state index contributed by atoms with van der Waals surface area (Å²) in [6.45, 7) is 6.06. The quantitative estimate of drug-likeness (QED) is 0.870. The number of para-hydroxylation sites is 1. The zero-order valence-electron chi connectivity index (χ0n) is 15.0. The summed E-state index contributed by atoms with van der Waals surface area (Å²) >= 11 is 0. The lowest BCUT2D eigenvalue weighted by atomic mass is 10.0. The maximum absolute atomic E-state index is 12.7. The standard InChI is InChI=1S/C19H28N2O3/c1-13(2)21(4)19(23)17-10-15(11-18(17)20-14(3)22)12-24-16-8-6-5-7-9-16/h5-9,13,15,17-18H,10-12H2,1-4H3,(H,20,22)/t15-,17-,18-/m1/s1. The predicted molar refractivity (Wildman–Crippen MR) is 93.7 cm³/mol. The average molecular weight is 332 g/mol. The Morgan fingerprint density at radius 3 is 2.50 bits per heavy atom. The summed E-state index contributed by atoms with van der Waals surface area (Å²) in [5.41, 5.74) is 0. The molecular formula is C19H28N2O3. The first kappa shape index (κ1) is 18.3. The number of hydrogen-bond acceptors (Lipinski definition) is 3. The maximum Gasteiger partial charge on any atom is 0.227 e. The van der Waals surface area contributed by atoms with Crippen molar-refractivity contribution in [2.45, 2.75) is 45.7 Å². The van der Waals surface area contributed by atoms with Gasteiger partial charge in [-0.05, 0) is 44.7 Å². The maximum atomic E-state index is 12.7. The van der Waals surface area contributed by atoms with Crippen molar-refractivity contribution < 1.29 is 14.3 Å². The Morgan fingerprint density at radius 1 is 1.25 bits per heavy atom. The Hall–Kier alpha value is -2.04. The van der Waals surface area contributed by atoms with E-state index in [-0.39, 0.29) is 35.7 Å². The van der Waals surface area contributed by atoms with Crippen LogP contribution >= 0.6 is 0 Å². The fraction of sp³-hybridized carbons (Fsp3) is 0.579. The molecule has 2 amide bonds. The second-order valence-corrected chi connectivity index (χ2v) is 6.92. The van der Waals surface area contributed by atoms with Gasteiger partial charge in [0.05, 0.1) is 12.5 Å². The molecule has 5 heteroatoms. The van der Waals surface area contributed by atoms with Crippen molar-refractivity contribution in [3.8, 4) is 5.75 Å². The van der Waals surface area contributed by atoms with Crippen LogP contribution in [-0.4, -0.2) is 42.5 Å². The van der Waals surface area contributed by atoms with Crippen LogP contribution < -0.4 is 10.1 Å². The minimum absolute atomic E-state index is 0.0883. The first-order valence-corrected chi connectivity index (χ1v) is 8.60. The van der Waals surface area contributed by atoms with Crippen LogP contribution in [0.15, 0.2) is 30.3 Å². The van der Waals surface area contributed by atoms with E-state index in [1.165, 1.54) is 6.92 Å². The summed E-state index contributed by atoms with van der Waals surface area (Å²) in [5.74, 6) is 0.936. The van der Waals surface area contributed by atoms with Crippen molar-refractivity contribution in [3.05, 3.63) is 30.3 Å². The second kappa shape index (κ2) is 8.18. The molecule has 1 aliphatic carbocycles. The van der Waals surface area contributed by atoms with Crippen LogP contribution in [0.25, 0.3) is 0 Å². The van der Waals surface area contributed by atoms with Gasteiger partial charge >= 0.3 is 0 Å². The lowest BCUT2D eigenvalue weighted by molar-refractivity contribution is -0.136. The van der Waals surface area contributed by atoms with Crippen molar-refractivity contribution in [2.24, 2.45) is 11.8 Å². The van der Waals surface area contributed by atoms with E-state index in [0.29, 0.717) is 6.61 Å². The summed E-state index contributed by atoms with van der Waals surface area (Å²) in [6.07, 6.45) is 1.52. The molecule has 0 heterocycles. The van der Waals surface area contributed by atoms with Crippen LogP contribution in [0.3, 0.4) is 0 Å². The van der Waals surface area contributed by atoms with Crippen molar-refractivity contribution in [1.29, 1.82) is 0 Å². The highest BCUT2D eigenvalue weighted by Crippen LogP contribution is 2.33. The molecule has 3 atom stereocenters. The van der Waals surface area contributed by atoms with Crippen molar-refractivity contribution in [2.75, 3.05) is 13.7 Å². The summed E-state index contributed by atoms with van der Waals surface area (Å²) in [4.78, 5) is 26.0. The molecule has 1 aliphatic rings. The van der Waals surface area contributed by atoms with Gasteiger partial charge in [-0.15, -0.1) is 0 Å². The zero-order valence-corrected chi connectivity index (χ0v) is 15.0. The van der Waals surface area contributed by atoms with Gasteiger partial charge in [-0.1, -0.05) is 18.2 Å². The van der Waals surface area contributed by atoms with Gasteiger partial charge < -0.3 is 15.0 Å². The van der Waals surface area contributed by atoms with Crippen LogP contribution in [0.1, 0.15) is 33.6 Å². The number of carbonyl (C=O) groups is 2. The van der Waals surface area contributed by atoms with Crippen LogP contribution in [0, 0.1) is 11.8 Å². The highest BCUT2D eigenvalue weighted by molar-refractivity contribution is 5.81. The van der Waals surface area contributed by atoms with E-state index in [2.05, 4.69) is 5.32 Å².